The van der Waals surface area contributed by atoms with Gasteiger partial charge in [0.05, 0.1) is 18.2 Å². The molecule has 1 atom stereocenters. The van der Waals surface area contributed by atoms with E-state index in [2.05, 4.69) is 25.2 Å². The smallest absolute Gasteiger partial charge is 0.0991 e. The summed E-state index contributed by atoms with van der Waals surface area (Å²) in [6, 6.07) is 7.98. The van der Waals surface area contributed by atoms with Crippen molar-refractivity contribution in [1.82, 2.24) is 5.32 Å². The van der Waals surface area contributed by atoms with Crippen LogP contribution in [0, 0.1) is 24.2 Å². The van der Waals surface area contributed by atoms with Crippen molar-refractivity contribution in [3.63, 3.8) is 0 Å². The van der Waals surface area contributed by atoms with Crippen LogP contribution in [-0.4, -0.2) is 17.8 Å². The van der Waals surface area contributed by atoms with Crippen molar-refractivity contribution in [1.29, 1.82) is 5.26 Å². The van der Waals surface area contributed by atoms with Crippen molar-refractivity contribution in [2.45, 2.75) is 39.8 Å². The lowest BCUT2D eigenvalue weighted by Crippen LogP contribution is -2.33. The Balaban J connectivity index is 2.60. The predicted octanol–water partition coefficient (Wildman–Crippen LogP) is 2.36. The molecule has 1 aromatic rings. The number of benzene rings is 1. The third-order valence-electron chi connectivity index (χ3n) is 3.03. The zero-order chi connectivity index (χ0) is 13.5. The van der Waals surface area contributed by atoms with E-state index in [9.17, 15) is 5.11 Å². The number of aryl methyl sites for hydroxylation is 1. The van der Waals surface area contributed by atoms with E-state index in [1.807, 2.05) is 25.1 Å². The molecule has 18 heavy (non-hydrogen) atoms. The van der Waals surface area contributed by atoms with Gasteiger partial charge in [-0.1, -0.05) is 19.9 Å². The second-order valence-electron chi connectivity index (χ2n) is 5.14. The van der Waals surface area contributed by atoms with Crippen LogP contribution in [0.4, 0.5) is 0 Å². The minimum atomic E-state index is 0.139. The molecule has 0 saturated carbocycles. The van der Waals surface area contributed by atoms with Crippen LogP contribution in [0.2, 0.25) is 0 Å². The standard InChI is InChI=1S/C15H22N2O/c1-11(2)6-15(10-18)17-9-14-5-4-13(8-16)7-12(14)3/h4-5,7,11,15,17-18H,6,9-10H2,1-3H3. The number of hydrogen-bond donors (Lipinski definition) is 2. The molecule has 0 aromatic heterocycles. The summed E-state index contributed by atoms with van der Waals surface area (Å²) in [6.07, 6.45) is 0.964. The Labute approximate surface area is 109 Å². The molecule has 0 amide bonds. The van der Waals surface area contributed by atoms with Crippen molar-refractivity contribution >= 4 is 0 Å². The Kier molecular flexibility index (Phi) is 5.84. The topological polar surface area (TPSA) is 56.0 Å². The number of aliphatic hydroxyl groups is 1. The molecule has 0 bridgehead atoms. The average molecular weight is 246 g/mol. The van der Waals surface area contributed by atoms with E-state index in [1.165, 1.54) is 5.56 Å². The maximum Gasteiger partial charge on any atom is 0.0991 e. The third-order valence-corrected chi connectivity index (χ3v) is 3.03. The van der Waals surface area contributed by atoms with Crippen molar-refractivity contribution in [3.05, 3.63) is 34.9 Å². The van der Waals surface area contributed by atoms with Gasteiger partial charge in [0, 0.05) is 12.6 Å². The Bertz CT molecular complexity index is 421. The second kappa shape index (κ2) is 7.15. The zero-order valence-corrected chi connectivity index (χ0v) is 11.4. The lowest BCUT2D eigenvalue weighted by molar-refractivity contribution is 0.223. The first-order chi connectivity index (χ1) is 8.56. The molecule has 1 rings (SSSR count). The van der Waals surface area contributed by atoms with E-state index < -0.39 is 0 Å². The maximum absolute atomic E-state index is 9.30. The fraction of sp³-hybridized carbons (Fsp3) is 0.533. The highest BCUT2D eigenvalue weighted by Crippen LogP contribution is 2.11. The molecule has 0 heterocycles. The molecular formula is C15H22N2O. The monoisotopic (exact) mass is 246 g/mol. The van der Waals surface area contributed by atoms with Gasteiger partial charge in [-0.3, -0.25) is 0 Å². The number of aliphatic hydroxyl groups excluding tert-OH is 1. The van der Waals surface area contributed by atoms with Gasteiger partial charge in [-0.15, -0.1) is 0 Å². The molecular weight excluding hydrogens is 224 g/mol. The minimum absolute atomic E-state index is 0.139. The van der Waals surface area contributed by atoms with E-state index in [4.69, 9.17) is 5.26 Å². The molecule has 98 valence electrons. The highest BCUT2D eigenvalue weighted by atomic mass is 16.3. The quantitative estimate of drug-likeness (QED) is 0.810. The van der Waals surface area contributed by atoms with E-state index in [-0.39, 0.29) is 12.6 Å². The number of nitrogens with zero attached hydrogens (tertiary/aromatic N) is 1. The molecule has 0 aliphatic carbocycles. The highest BCUT2D eigenvalue weighted by Gasteiger charge is 2.09. The Morgan fingerprint density at radius 2 is 2.11 bits per heavy atom. The molecule has 3 heteroatoms. The van der Waals surface area contributed by atoms with Gasteiger partial charge in [0.1, 0.15) is 0 Å². The van der Waals surface area contributed by atoms with Gasteiger partial charge >= 0.3 is 0 Å². The van der Waals surface area contributed by atoms with Gasteiger partial charge in [-0.05, 0) is 42.5 Å². The maximum atomic E-state index is 9.30. The van der Waals surface area contributed by atoms with E-state index in [0.717, 1.165) is 18.5 Å². The predicted molar refractivity (Wildman–Crippen MR) is 73.1 cm³/mol. The van der Waals surface area contributed by atoms with Crippen molar-refractivity contribution in [3.8, 4) is 6.07 Å². The summed E-state index contributed by atoms with van der Waals surface area (Å²) in [4.78, 5) is 0. The number of nitrogens with one attached hydrogen (secondary N) is 1. The van der Waals surface area contributed by atoms with Crippen molar-refractivity contribution < 1.29 is 5.11 Å². The molecule has 1 aromatic carbocycles. The molecule has 0 radical (unpaired) electrons. The Morgan fingerprint density at radius 3 is 2.61 bits per heavy atom. The van der Waals surface area contributed by atoms with Gasteiger partial charge < -0.3 is 10.4 Å². The average Bonchev–Trinajstić information content (AvgIpc) is 2.35. The van der Waals surface area contributed by atoms with Crippen molar-refractivity contribution in [2.24, 2.45) is 5.92 Å². The first kappa shape index (κ1) is 14.7. The lowest BCUT2D eigenvalue weighted by Gasteiger charge is -2.19. The third kappa shape index (κ3) is 4.48. The SMILES string of the molecule is Cc1cc(C#N)ccc1CNC(CO)CC(C)C. The van der Waals surface area contributed by atoms with Crippen LogP contribution in [0.15, 0.2) is 18.2 Å². The van der Waals surface area contributed by atoms with E-state index in [1.54, 1.807) is 0 Å². The van der Waals surface area contributed by atoms with Gasteiger partial charge in [0.2, 0.25) is 0 Å². The fourth-order valence-corrected chi connectivity index (χ4v) is 2.01. The summed E-state index contributed by atoms with van der Waals surface area (Å²) < 4.78 is 0. The highest BCUT2D eigenvalue weighted by molar-refractivity contribution is 5.37. The molecule has 1 unspecified atom stereocenters. The van der Waals surface area contributed by atoms with Crippen LogP contribution in [0.25, 0.3) is 0 Å². The fourth-order valence-electron chi connectivity index (χ4n) is 2.01. The largest absolute Gasteiger partial charge is 0.395 e. The van der Waals surface area contributed by atoms with Gasteiger partial charge in [0.15, 0.2) is 0 Å². The van der Waals surface area contributed by atoms with Crippen molar-refractivity contribution in [2.75, 3.05) is 6.61 Å². The molecule has 0 saturated heterocycles. The lowest BCUT2D eigenvalue weighted by atomic mass is 10.0. The second-order valence-corrected chi connectivity index (χ2v) is 5.14. The molecule has 2 N–H and O–H groups in total. The summed E-state index contributed by atoms with van der Waals surface area (Å²) in [6.45, 7) is 7.20. The Hall–Kier alpha value is -1.37. The van der Waals surface area contributed by atoms with Gasteiger partial charge in [0.25, 0.3) is 0 Å². The van der Waals surface area contributed by atoms with Crippen LogP contribution < -0.4 is 5.32 Å². The van der Waals surface area contributed by atoms with Gasteiger partial charge in [-0.25, -0.2) is 0 Å². The molecule has 0 fully saturated rings. The molecule has 0 aliphatic heterocycles. The normalized spacial score (nSPS) is 12.4. The van der Waals surface area contributed by atoms with Crippen LogP contribution in [0.1, 0.15) is 37.0 Å². The number of nitriles is 1. The summed E-state index contributed by atoms with van der Waals surface area (Å²) >= 11 is 0. The summed E-state index contributed by atoms with van der Waals surface area (Å²) in [5, 5.41) is 21.5. The first-order valence-electron chi connectivity index (χ1n) is 6.40. The minimum Gasteiger partial charge on any atom is -0.395 e. The van der Waals surface area contributed by atoms with Gasteiger partial charge in [-0.2, -0.15) is 5.26 Å². The summed E-state index contributed by atoms with van der Waals surface area (Å²) in [7, 11) is 0. The molecule has 3 nitrogen and oxygen atoms in total. The van der Waals surface area contributed by atoms with Crippen LogP contribution >= 0.6 is 0 Å². The summed E-state index contributed by atoms with van der Waals surface area (Å²) in [5.41, 5.74) is 2.98. The van der Waals surface area contributed by atoms with E-state index >= 15 is 0 Å². The summed E-state index contributed by atoms with van der Waals surface area (Å²) in [5.74, 6) is 0.566. The Morgan fingerprint density at radius 1 is 1.39 bits per heavy atom. The zero-order valence-electron chi connectivity index (χ0n) is 11.4. The molecule has 0 spiro atoms. The van der Waals surface area contributed by atoms with Crippen LogP contribution in [0.3, 0.4) is 0 Å². The van der Waals surface area contributed by atoms with E-state index in [0.29, 0.717) is 11.5 Å². The molecule has 0 aliphatic rings. The first-order valence-corrected chi connectivity index (χ1v) is 6.40. The number of hydrogen-bond acceptors (Lipinski definition) is 3. The van der Waals surface area contributed by atoms with Crippen LogP contribution in [0.5, 0.6) is 0 Å². The van der Waals surface area contributed by atoms with Crippen LogP contribution in [-0.2, 0) is 6.54 Å². The number of rotatable bonds is 6.